The summed E-state index contributed by atoms with van der Waals surface area (Å²) in [5, 5.41) is 3.07. The Morgan fingerprint density at radius 1 is 1.05 bits per heavy atom. The third-order valence-corrected chi connectivity index (χ3v) is 2.70. The molecule has 20 heavy (non-hydrogen) atoms. The van der Waals surface area contributed by atoms with Gasteiger partial charge in [0.2, 0.25) is 11.8 Å². The number of primary amides is 2. The number of nitrogens with one attached hydrogen (secondary N) is 1. The Kier molecular flexibility index (Phi) is 3.95. The first-order chi connectivity index (χ1) is 9.56. The predicted molar refractivity (Wildman–Crippen MR) is 75.0 cm³/mol. The Morgan fingerprint density at radius 2 is 1.70 bits per heavy atom. The van der Waals surface area contributed by atoms with E-state index in [1.165, 1.54) is 6.07 Å². The smallest absolute Gasteiger partial charge is 0.248 e. The maximum absolute atomic E-state index is 11.2. The molecule has 0 unspecified atom stereocenters. The maximum atomic E-state index is 11.2. The highest BCUT2D eigenvalue weighted by atomic mass is 16.1. The van der Waals surface area contributed by atoms with Crippen LogP contribution < -0.4 is 16.8 Å². The largest absolute Gasteiger partial charge is 0.379 e. The molecule has 102 valence electrons. The molecule has 0 aliphatic carbocycles. The van der Waals surface area contributed by atoms with Crippen molar-refractivity contribution in [3.05, 3.63) is 59.4 Å². The number of hydrogen-bond acceptors (Lipinski definition) is 4. The van der Waals surface area contributed by atoms with Gasteiger partial charge < -0.3 is 16.8 Å². The van der Waals surface area contributed by atoms with E-state index in [-0.39, 0.29) is 11.1 Å². The molecule has 1 aromatic heterocycles. The van der Waals surface area contributed by atoms with Crippen LogP contribution in [-0.2, 0) is 6.54 Å². The van der Waals surface area contributed by atoms with Gasteiger partial charge in [0.15, 0.2) is 0 Å². The lowest BCUT2D eigenvalue weighted by Crippen LogP contribution is -2.16. The summed E-state index contributed by atoms with van der Waals surface area (Å²) in [7, 11) is 0. The fraction of sp³-hybridized carbons (Fsp3) is 0.0714. The van der Waals surface area contributed by atoms with Crippen LogP contribution in [0, 0.1) is 0 Å². The van der Waals surface area contributed by atoms with Crippen LogP contribution in [0.25, 0.3) is 0 Å². The lowest BCUT2D eigenvalue weighted by Gasteiger charge is -2.09. The van der Waals surface area contributed by atoms with Crippen LogP contribution in [-0.4, -0.2) is 16.8 Å². The van der Waals surface area contributed by atoms with E-state index in [0.717, 1.165) is 5.69 Å². The second-order valence-corrected chi connectivity index (χ2v) is 4.20. The fourth-order valence-electron chi connectivity index (χ4n) is 1.71. The molecular weight excluding hydrogens is 256 g/mol. The van der Waals surface area contributed by atoms with Gasteiger partial charge >= 0.3 is 0 Å². The van der Waals surface area contributed by atoms with Gasteiger partial charge in [-0.25, -0.2) is 0 Å². The molecule has 1 heterocycles. The van der Waals surface area contributed by atoms with Gasteiger partial charge in [0, 0.05) is 23.0 Å². The van der Waals surface area contributed by atoms with Gasteiger partial charge in [-0.3, -0.25) is 14.6 Å². The van der Waals surface area contributed by atoms with Crippen LogP contribution >= 0.6 is 0 Å². The summed E-state index contributed by atoms with van der Waals surface area (Å²) >= 11 is 0. The normalized spacial score (nSPS) is 10.0. The molecule has 0 fully saturated rings. The zero-order chi connectivity index (χ0) is 14.5. The Balaban J connectivity index is 2.22. The summed E-state index contributed by atoms with van der Waals surface area (Å²) in [6, 6.07) is 10.1. The van der Waals surface area contributed by atoms with Gasteiger partial charge in [-0.15, -0.1) is 0 Å². The van der Waals surface area contributed by atoms with Gasteiger partial charge in [0.1, 0.15) is 0 Å². The monoisotopic (exact) mass is 270 g/mol. The molecule has 2 rings (SSSR count). The first-order valence-electron chi connectivity index (χ1n) is 5.95. The average molecular weight is 270 g/mol. The van der Waals surface area contributed by atoms with Crippen molar-refractivity contribution in [3.63, 3.8) is 0 Å². The first kappa shape index (κ1) is 13.5. The van der Waals surface area contributed by atoms with Crippen molar-refractivity contribution in [2.75, 3.05) is 5.32 Å². The van der Waals surface area contributed by atoms with Crippen LogP contribution in [0.1, 0.15) is 26.4 Å². The third kappa shape index (κ3) is 3.32. The molecule has 0 aliphatic rings. The van der Waals surface area contributed by atoms with Gasteiger partial charge in [-0.1, -0.05) is 6.07 Å². The van der Waals surface area contributed by atoms with Gasteiger partial charge in [-0.05, 0) is 30.3 Å². The summed E-state index contributed by atoms with van der Waals surface area (Å²) in [6.07, 6.45) is 1.69. The topological polar surface area (TPSA) is 111 Å². The van der Waals surface area contributed by atoms with E-state index in [9.17, 15) is 9.59 Å². The Labute approximate surface area is 115 Å². The van der Waals surface area contributed by atoms with Gasteiger partial charge in [-0.2, -0.15) is 0 Å². The molecule has 0 aliphatic heterocycles. The highest BCUT2D eigenvalue weighted by molar-refractivity contribution is 5.99. The zero-order valence-corrected chi connectivity index (χ0v) is 10.7. The highest BCUT2D eigenvalue weighted by Gasteiger charge is 2.09. The number of carbonyl (C=O) groups excluding carboxylic acids is 2. The number of pyridine rings is 1. The van der Waals surface area contributed by atoms with E-state index in [4.69, 9.17) is 11.5 Å². The Bertz CT molecular complexity index is 609. The number of aromatic nitrogens is 1. The molecule has 0 radical (unpaired) electrons. The third-order valence-electron chi connectivity index (χ3n) is 2.70. The number of anilines is 1. The van der Waals surface area contributed by atoms with Crippen molar-refractivity contribution in [1.82, 2.24) is 4.98 Å². The van der Waals surface area contributed by atoms with Crippen molar-refractivity contribution >= 4 is 17.5 Å². The molecule has 6 nitrogen and oxygen atoms in total. The van der Waals surface area contributed by atoms with E-state index in [2.05, 4.69) is 10.3 Å². The molecular formula is C14H14N4O2. The molecule has 0 saturated heterocycles. The summed E-state index contributed by atoms with van der Waals surface area (Å²) in [5.74, 6) is -1.23. The van der Waals surface area contributed by atoms with Crippen molar-refractivity contribution in [2.24, 2.45) is 11.5 Å². The number of nitrogens with two attached hydrogens (primary N) is 2. The zero-order valence-electron chi connectivity index (χ0n) is 10.7. The van der Waals surface area contributed by atoms with E-state index >= 15 is 0 Å². The maximum Gasteiger partial charge on any atom is 0.248 e. The van der Waals surface area contributed by atoms with Gasteiger partial charge in [0.25, 0.3) is 0 Å². The highest BCUT2D eigenvalue weighted by Crippen LogP contribution is 2.15. The second kappa shape index (κ2) is 5.83. The lowest BCUT2D eigenvalue weighted by molar-refractivity contribution is 0.0999. The van der Waals surface area contributed by atoms with E-state index < -0.39 is 11.8 Å². The van der Waals surface area contributed by atoms with Crippen molar-refractivity contribution in [2.45, 2.75) is 6.54 Å². The van der Waals surface area contributed by atoms with Crippen LogP contribution in [0.15, 0.2) is 42.6 Å². The number of hydrogen-bond donors (Lipinski definition) is 3. The minimum atomic E-state index is -0.617. The Morgan fingerprint density at radius 3 is 2.20 bits per heavy atom. The molecule has 5 N–H and O–H groups in total. The van der Waals surface area contributed by atoms with Crippen molar-refractivity contribution in [3.8, 4) is 0 Å². The van der Waals surface area contributed by atoms with Crippen LogP contribution in [0.3, 0.4) is 0 Å². The predicted octanol–water partition coefficient (Wildman–Crippen LogP) is 0.891. The fourth-order valence-corrected chi connectivity index (χ4v) is 1.71. The summed E-state index contributed by atoms with van der Waals surface area (Å²) < 4.78 is 0. The molecule has 2 aromatic rings. The van der Waals surface area contributed by atoms with Crippen LogP contribution in [0.2, 0.25) is 0 Å². The summed E-state index contributed by atoms with van der Waals surface area (Å²) in [4.78, 5) is 26.6. The summed E-state index contributed by atoms with van der Waals surface area (Å²) in [5.41, 5.74) is 12.3. The van der Waals surface area contributed by atoms with E-state index in [1.54, 1.807) is 18.3 Å². The average Bonchev–Trinajstić information content (AvgIpc) is 2.45. The van der Waals surface area contributed by atoms with Gasteiger partial charge in [0.05, 0.1) is 12.2 Å². The molecule has 2 amide bonds. The van der Waals surface area contributed by atoms with Crippen LogP contribution in [0.5, 0.6) is 0 Å². The quantitative estimate of drug-likeness (QED) is 0.749. The number of benzene rings is 1. The summed E-state index contributed by atoms with van der Waals surface area (Å²) in [6.45, 7) is 0.460. The first-order valence-corrected chi connectivity index (χ1v) is 5.95. The molecule has 6 heteroatoms. The minimum Gasteiger partial charge on any atom is -0.379 e. The second-order valence-electron chi connectivity index (χ2n) is 4.20. The van der Waals surface area contributed by atoms with Crippen molar-refractivity contribution < 1.29 is 9.59 Å². The molecule has 0 saturated carbocycles. The SMILES string of the molecule is NC(=O)c1cc(NCc2ccccn2)cc(C(N)=O)c1. The molecule has 0 bridgehead atoms. The number of nitrogens with zero attached hydrogens (tertiary/aromatic N) is 1. The Hall–Kier alpha value is -2.89. The molecule has 1 aromatic carbocycles. The number of amides is 2. The molecule has 0 atom stereocenters. The van der Waals surface area contributed by atoms with E-state index in [0.29, 0.717) is 12.2 Å². The standard InChI is InChI=1S/C14H14N4O2/c15-13(19)9-5-10(14(16)20)7-12(6-9)18-8-11-3-1-2-4-17-11/h1-7,18H,8H2,(H2,15,19)(H2,16,20). The van der Waals surface area contributed by atoms with Crippen LogP contribution in [0.4, 0.5) is 5.69 Å². The minimum absolute atomic E-state index is 0.227. The van der Waals surface area contributed by atoms with Crippen molar-refractivity contribution in [1.29, 1.82) is 0 Å². The number of rotatable bonds is 5. The van der Waals surface area contributed by atoms with E-state index in [1.807, 2.05) is 18.2 Å². The lowest BCUT2D eigenvalue weighted by atomic mass is 10.1. The molecule has 0 spiro atoms. The number of carbonyl (C=O) groups is 2.